The monoisotopic (exact) mass is 298 g/mol. The van der Waals surface area contributed by atoms with Gasteiger partial charge < -0.3 is 5.32 Å². The zero-order valence-electron chi connectivity index (χ0n) is 13.2. The van der Waals surface area contributed by atoms with E-state index in [9.17, 15) is 4.79 Å². The molecule has 1 N–H and O–H groups in total. The number of nitrogens with zero attached hydrogens (tertiary/aromatic N) is 1. The second kappa shape index (κ2) is 7.59. The number of hydrogen-bond donors (Lipinski definition) is 1. The summed E-state index contributed by atoms with van der Waals surface area (Å²) >= 11 is 0. The van der Waals surface area contributed by atoms with Gasteiger partial charge in [-0.25, -0.2) is 0 Å². The van der Waals surface area contributed by atoms with Crippen molar-refractivity contribution in [2.45, 2.75) is 44.7 Å². The fraction of sp³-hybridized carbons (Fsp3) is 0.526. The van der Waals surface area contributed by atoms with Crippen LogP contribution in [0.3, 0.4) is 0 Å². The lowest BCUT2D eigenvalue weighted by atomic mass is 10.0. The molecule has 2 atom stereocenters. The van der Waals surface area contributed by atoms with Gasteiger partial charge in [0.2, 0.25) is 5.91 Å². The normalized spacial score (nSPS) is 25.3. The van der Waals surface area contributed by atoms with E-state index in [1.807, 2.05) is 0 Å². The average Bonchev–Trinajstić information content (AvgIpc) is 3.01. The summed E-state index contributed by atoms with van der Waals surface area (Å²) in [4.78, 5) is 14.6. The van der Waals surface area contributed by atoms with E-state index in [2.05, 4.69) is 52.7 Å². The van der Waals surface area contributed by atoms with Crippen LogP contribution < -0.4 is 5.32 Å². The fourth-order valence-corrected chi connectivity index (χ4v) is 3.55. The van der Waals surface area contributed by atoms with Crippen LogP contribution in [0.25, 0.3) is 0 Å². The predicted octanol–water partition coefficient (Wildman–Crippen LogP) is 3.12. The van der Waals surface area contributed by atoms with Crippen LogP contribution in [0.2, 0.25) is 0 Å². The molecule has 3 heteroatoms. The van der Waals surface area contributed by atoms with Crippen LogP contribution in [0.1, 0.15) is 37.7 Å². The minimum Gasteiger partial charge on any atom is -0.352 e. The summed E-state index contributed by atoms with van der Waals surface area (Å²) < 4.78 is 0. The molecule has 0 saturated carbocycles. The van der Waals surface area contributed by atoms with Gasteiger partial charge in [-0.05, 0) is 43.7 Å². The van der Waals surface area contributed by atoms with Gasteiger partial charge in [-0.15, -0.1) is 0 Å². The molecule has 2 aliphatic rings. The van der Waals surface area contributed by atoms with E-state index in [1.54, 1.807) is 0 Å². The molecule has 1 saturated heterocycles. The van der Waals surface area contributed by atoms with Crippen LogP contribution in [0.15, 0.2) is 42.5 Å². The summed E-state index contributed by atoms with van der Waals surface area (Å²) in [6.45, 7) is 3.09. The SMILES string of the molecule is O=C(C[C@H]1C=CCC1)N[C@@H]1CCCN(Cc2ccccc2)C1. The molecular formula is C19H26N2O. The highest BCUT2D eigenvalue weighted by Crippen LogP contribution is 2.20. The van der Waals surface area contributed by atoms with Gasteiger partial charge >= 0.3 is 0 Å². The molecule has 1 aromatic carbocycles. The Balaban J connectivity index is 1.45. The number of amides is 1. The number of hydrogen-bond acceptors (Lipinski definition) is 2. The van der Waals surface area contributed by atoms with Gasteiger partial charge in [0.15, 0.2) is 0 Å². The van der Waals surface area contributed by atoms with Gasteiger partial charge in [0, 0.05) is 25.6 Å². The Bertz CT molecular complexity index is 511. The zero-order valence-corrected chi connectivity index (χ0v) is 13.2. The first-order chi connectivity index (χ1) is 10.8. The van der Waals surface area contributed by atoms with Gasteiger partial charge in [-0.3, -0.25) is 9.69 Å². The van der Waals surface area contributed by atoms with Crippen molar-refractivity contribution < 1.29 is 4.79 Å². The topological polar surface area (TPSA) is 32.3 Å². The summed E-state index contributed by atoms with van der Waals surface area (Å²) in [6, 6.07) is 10.9. The van der Waals surface area contributed by atoms with Crippen molar-refractivity contribution in [3.8, 4) is 0 Å². The van der Waals surface area contributed by atoms with Crippen LogP contribution in [-0.4, -0.2) is 29.9 Å². The minimum atomic E-state index is 0.225. The van der Waals surface area contributed by atoms with Crippen LogP contribution in [-0.2, 0) is 11.3 Å². The minimum absolute atomic E-state index is 0.225. The molecule has 1 aliphatic heterocycles. The Morgan fingerprint density at radius 2 is 2.09 bits per heavy atom. The summed E-state index contributed by atoms with van der Waals surface area (Å²) in [5, 5.41) is 3.25. The van der Waals surface area contributed by atoms with Gasteiger partial charge in [-0.2, -0.15) is 0 Å². The number of piperidine rings is 1. The molecule has 3 rings (SSSR count). The molecule has 0 aromatic heterocycles. The molecule has 1 aliphatic carbocycles. The van der Waals surface area contributed by atoms with Crippen molar-refractivity contribution in [3.63, 3.8) is 0 Å². The first-order valence-electron chi connectivity index (χ1n) is 8.52. The third-order valence-corrected chi connectivity index (χ3v) is 4.68. The Morgan fingerprint density at radius 1 is 1.23 bits per heavy atom. The summed E-state index contributed by atoms with van der Waals surface area (Å²) in [5.41, 5.74) is 1.35. The average molecular weight is 298 g/mol. The van der Waals surface area contributed by atoms with E-state index in [0.717, 1.165) is 38.9 Å². The Labute approximate surface area is 133 Å². The highest BCUT2D eigenvalue weighted by atomic mass is 16.1. The second-order valence-corrected chi connectivity index (χ2v) is 6.60. The molecule has 0 bridgehead atoms. The maximum absolute atomic E-state index is 12.2. The molecule has 1 aromatic rings. The van der Waals surface area contributed by atoms with Crippen LogP contribution in [0.4, 0.5) is 0 Å². The maximum Gasteiger partial charge on any atom is 0.220 e. The van der Waals surface area contributed by atoms with E-state index >= 15 is 0 Å². The number of allylic oxidation sites excluding steroid dienone is 2. The van der Waals surface area contributed by atoms with E-state index in [1.165, 1.54) is 12.0 Å². The fourth-order valence-electron chi connectivity index (χ4n) is 3.55. The maximum atomic E-state index is 12.2. The number of benzene rings is 1. The van der Waals surface area contributed by atoms with Crippen molar-refractivity contribution in [2.24, 2.45) is 5.92 Å². The Morgan fingerprint density at radius 3 is 2.86 bits per heavy atom. The quantitative estimate of drug-likeness (QED) is 0.847. The highest BCUT2D eigenvalue weighted by Gasteiger charge is 2.22. The van der Waals surface area contributed by atoms with Crippen LogP contribution in [0, 0.1) is 5.92 Å². The summed E-state index contributed by atoms with van der Waals surface area (Å²) in [6.07, 6.45) is 9.59. The molecule has 1 heterocycles. The first-order valence-corrected chi connectivity index (χ1v) is 8.52. The molecular weight excluding hydrogens is 272 g/mol. The molecule has 0 spiro atoms. The first kappa shape index (κ1) is 15.3. The molecule has 3 nitrogen and oxygen atoms in total. The number of rotatable bonds is 5. The summed E-state index contributed by atoms with van der Waals surface area (Å²) in [7, 11) is 0. The molecule has 22 heavy (non-hydrogen) atoms. The van der Waals surface area contributed by atoms with Gasteiger partial charge in [0.1, 0.15) is 0 Å². The number of likely N-dealkylation sites (tertiary alicyclic amines) is 1. The lowest BCUT2D eigenvalue weighted by Gasteiger charge is -2.33. The number of carbonyl (C=O) groups excluding carboxylic acids is 1. The lowest BCUT2D eigenvalue weighted by molar-refractivity contribution is -0.122. The summed E-state index contributed by atoms with van der Waals surface area (Å²) in [5.74, 6) is 0.687. The molecule has 0 radical (unpaired) electrons. The van der Waals surface area contributed by atoms with E-state index < -0.39 is 0 Å². The van der Waals surface area contributed by atoms with Crippen LogP contribution >= 0.6 is 0 Å². The van der Waals surface area contributed by atoms with Crippen LogP contribution in [0.5, 0.6) is 0 Å². The van der Waals surface area contributed by atoms with Crippen molar-refractivity contribution in [3.05, 3.63) is 48.0 Å². The predicted molar refractivity (Wildman–Crippen MR) is 89.4 cm³/mol. The Kier molecular flexibility index (Phi) is 5.28. The van der Waals surface area contributed by atoms with Gasteiger partial charge in [0.05, 0.1) is 0 Å². The zero-order chi connectivity index (χ0) is 15.2. The molecule has 118 valence electrons. The van der Waals surface area contributed by atoms with E-state index in [0.29, 0.717) is 18.4 Å². The van der Waals surface area contributed by atoms with Crippen molar-refractivity contribution in [1.82, 2.24) is 10.2 Å². The second-order valence-electron chi connectivity index (χ2n) is 6.60. The van der Waals surface area contributed by atoms with Crippen molar-refractivity contribution >= 4 is 5.91 Å². The number of nitrogens with one attached hydrogen (secondary N) is 1. The number of carbonyl (C=O) groups is 1. The van der Waals surface area contributed by atoms with E-state index in [-0.39, 0.29) is 5.91 Å². The highest BCUT2D eigenvalue weighted by molar-refractivity contribution is 5.76. The van der Waals surface area contributed by atoms with E-state index in [4.69, 9.17) is 0 Å². The molecule has 1 amide bonds. The standard InChI is InChI=1S/C19H26N2O/c22-19(13-16-7-4-5-8-16)20-18-11-6-12-21(15-18)14-17-9-2-1-3-10-17/h1-4,7,9-10,16,18H,5-6,8,11-15H2,(H,20,22)/t16-,18+/m0/s1. The molecule has 0 unspecified atom stereocenters. The third-order valence-electron chi connectivity index (χ3n) is 4.68. The van der Waals surface area contributed by atoms with Gasteiger partial charge in [-0.1, -0.05) is 42.5 Å². The third kappa shape index (κ3) is 4.44. The van der Waals surface area contributed by atoms with Crippen molar-refractivity contribution in [1.29, 1.82) is 0 Å². The Hall–Kier alpha value is -1.61. The lowest BCUT2D eigenvalue weighted by Crippen LogP contribution is -2.47. The smallest absolute Gasteiger partial charge is 0.220 e. The van der Waals surface area contributed by atoms with Crippen molar-refractivity contribution in [2.75, 3.05) is 13.1 Å². The largest absolute Gasteiger partial charge is 0.352 e. The van der Waals surface area contributed by atoms with Gasteiger partial charge in [0.25, 0.3) is 0 Å². The molecule has 1 fully saturated rings.